The minimum atomic E-state index is -0.332. The summed E-state index contributed by atoms with van der Waals surface area (Å²) in [6, 6.07) is 37.6. The lowest BCUT2D eigenvalue weighted by Crippen LogP contribution is -2.21. The van der Waals surface area contributed by atoms with E-state index in [9.17, 15) is 9.90 Å². The van der Waals surface area contributed by atoms with E-state index >= 15 is 0 Å². The molecule has 4 aromatic carbocycles. The Kier molecular flexibility index (Phi) is 8.07. The lowest BCUT2D eigenvalue weighted by molar-refractivity contribution is 0.0955. The average molecular weight is 529 g/mol. The van der Waals surface area contributed by atoms with E-state index in [1.165, 1.54) is 6.21 Å². The molecule has 0 aliphatic rings. The molecule has 0 bridgehead atoms. The second kappa shape index (κ2) is 12.2. The maximum absolute atomic E-state index is 12.8. The Bertz CT molecular complexity index is 1550. The highest BCUT2D eigenvalue weighted by molar-refractivity contribution is 5.95. The number of phenolic OH excluding ortho intramolecular Hbond substituents is 1. The van der Waals surface area contributed by atoms with Crippen molar-refractivity contribution in [2.45, 2.75) is 13.8 Å². The summed E-state index contributed by atoms with van der Waals surface area (Å²) in [5.41, 5.74) is 9.80. The standard InChI is InChI=1S/C34H32N4O2/c1-3-37(4-2)30-20-17-28(33(39)23-30)24-35-36-34(40)27-15-18-29(19-16-27)38-31(25-11-7-5-8-12-25)21-22-32(38)26-13-9-6-10-14-26/h5-24,39H,3-4H2,1-2H3,(H,36,40)/b35-24-. The molecule has 5 rings (SSSR count). The van der Waals surface area contributed by atoms with Crippen LogP contribution in [0.4, 0.5) is 5.69 Å². The fraction of sp³-hybridized carbons (Fsp3) is 0.118. The quantitative estimate of drug-likeness (QED) is 0.158. The van der Waals surface area contributed by atoms with E-state index in [2.05, 4.69) is 70.2 Å². The average Bonchev–Trinajstić information content (AvgIpc) is 3.45. The molecule has 6 nitrogen and oxygen atoms in total. The molecule has 0 aliphatic carbocycles. The second-order valence-electron chi connectivity index (χ2n) is 9.33. The van der Waals surface area contributed by atoms with Crippen LogP contribution in [0.25, 0.3) is 28.2 Å². The Morgan fingerprint density at radius 1 is 0.800 bits per heavy atom. The first-order valence-corrected chi connectivity index (χ1v) is 13.4. The number of hydrogen-bond acceptors (Lipinski definition) is 4. The van der Waals surface area contributed by atoms with E-state index in [0.29, 0.717) is 11.1 Å². The number of hydrazone groups is 1. The molecule has 200 valence electrons. The zero-order valence-electron chi connectivity index (χ0n) is 22.7. The number of benzene rings is 4. The number of phenols is 1. The number of aromatic hydroxyl groups is 1. The first-order chi connectivity index (χ1) is 19.6. The van der Waals surface area contributed by atoms with Crippen molar-refractivity contribution in [1.82, 2.24) is 9.99 Å². The molecule has 40 heavy (non-hydrogen) atoms. The van der Waals surface area contributed by atoms with Crippen LogP contribution in [0.3, 0.4) is 0 Å². The minimum Gasteiger partial charge on any atom is -0.507 e. The van der Waals surface area contributed by atoms with Gasteiger partial charge in [0, 0.05) is 41.7 Å². The monoisotopic (exact) mass is 528 g/mol. The predicted molar refractivity (Wildman–Crippen MR) is 163 cm³/mol. The van der Waals surface area contributed by atoms with Crippen LogP contribution in [0, 0.1) is 0 Å². The van der Waals surface area contributed by atoms with Crippen molar-refractivity contribution in [3.8, 4) is 34.0 Å². The fourth-order valence-corrected chi connectivity index (χ4v) is 4.80. The van der Waals surface area contributed by atoms with Gasteiger partial charge in [0.25, 0.3) is 5.91 Å². The molecule has 6 heteroatoms. The van der Waals surface area contributed by atoms with Crippen LogP contribution in [0.15, 0.2) is 120 Å². The molecular weight excluding hydrogens is 496 g/mol. The predicted octanol–water partition coefficient (Wildman–Crippen LogP) is 7.13. The largest absolute Gasteiger partial charge is 0.507 e. The minimum absolute atomic E-state index is 0.113. The Morgan fingerprint density at radius 2 is 1.38 bits per heavy atom. The number of nitrogens with one attached hydrogen (secondary N) is 1. The summed E-state index contributed by atoms with van der Waals surface area (Å²) in [5.74, 6) is -0.219. The Labute approximate surface area is 234 Å². The van der Waals surface area contributed by atoms with E-state index in [1.807, 2.05) is 54.6 Å². The summed E-state index contributed by atoms with van der Waals surface area (Å²) in [4.78, 5) is 15.0. The van der Waals surface area contributed by atoms with Crippen molar-refractivity contribution in [3.05, 3.63) is 126 Å². The third-order valence-corrected chi connectivity index (χ3v) is 6.92. The summed E-state index contributed by atoms with van der Waals surface area (Å²) in [6.45, 7) is 5.84. The molecule has 1 heterocycles. The van der Waals surface area contributed by atoms with E-state index in [1.54, 1.807) is 24.3 Å². The first kappa shape index (κ1) is 26.5. The molecule has 2 N–H and O–H groups in total. The van der Waals surface area contributed by atoms with Crippen LogP contribution in [0.5, 0.6) is 5.75 Å². The van der Waals surface area contributed by atoms with Gasteiger partial charge in [0.15, 0.2) is 0 Å². The Balaban J connectivity index is 1.36. The van der Waals surface area contributed by atoms with Crippen LogP contribution in [-0.4, -0.2) is 34.9 Å². The van der Waals surface area contributed by atoms with Gasteiger partial charge in [0.05, 0.1) is 17.6 Å². The van der Waals surface area contributed by atoms with E-state index in [4.69, 9.17) is 0 Å². The van der Waals surface area contributed by atoms with Crippen molar-refractivity contribution < 1.29 is 9.90 Å². The Morgan fingerprint density at radius 3 is 1.90 bits per heavy atom. The molecule has 0 unspecified atom stereocenters. The number of hydrogen-bond donors (Lipinski definition) is 2. The van der Waals surface area contributed by atoms with Gasteiger partial charge >= 0.3 is 0 Å². The van der Waals surface area contributed by atoms with Gasteiger partial charge in [-0.05, 0) is 73.5 Å². The van der Waals surface area contributed by atoms with Crippen molar-refractivity contribution >= 4 is 17.8 Å². The van der Waals surface area contributed by atoms with Crippen molar-refractivity contribution in [2.24, 2.45) is 5.10 Å². The highest BCUT2D eigenvalue weighted by atomic mass is 16.3. The van der Waals surface area contributed by atoms with Gasteiger partial charge in [-0.2, -0.15) is 5.10 Å². The highest BCUT2D eigenvalue weighted by Crippen LogP contribution is 2.32. The maximum Gasteiger partial charge on any atom is 0.271 e. The molecule has 5 aromatic rings. The summed E-state index contributed by atoms with van der Waals surface area (Å²) >= 11 is 0. The number of carbonyl (C=O) groups is 1. The van der Waals surface area contributed by atoms with Gasteiger partial charge in [-0.25, -0.2) is 5.43 Å². The third kappa shape index (κ3) is 5.66. The third-order valence-electron chi connectivity index (χ3n) is 6.92. The van der Waals surface area contributed by atoms with E-state index in [0.717, 1.165) is 47.0 Å². The maximum atomic E-state index is 12.8. The van der Waals surface area contributed by atoms with Crippen LogP contribution in [0.2, 0.25) is 0 Å². The van der Waals surface area contributed by atoms with Gasteiger partial charge < -0.3 is 14.6 Å². The molecule has 1 aromatic heterocycles. The van der Waals surface area contributed by atoms with Crippen molar-refractivity contribution in [1.29, 1.82) is 0 Å². The molecule has 0 saturated carbocycles. The van der Waals surface area contributed by atoms with Gasteiger partial charge in [-0.15, -0.1) is 0 Å². The lowest BCUT2D eigenvalue weighted by atomic mass is 10.1. The summed E-state index contributed by atoms with van der Waals surface area (Å²) in [6.07, 6.45) is 1.45. The summed E-state index contributed by atoms with van der Waals surface area (Å²) in [7, 11) is 0. The van der Waals surface area contributed by atoms with Gasteiger partial charge in [-0.1, -0.05) is 60.7 Å². The number of carbonyl (C=O) groups excluding carboxylic acids is 1. The fourth-order valence-electron chi connectivity index (χ4n) is 4.80. The molecule has 0 saturated heterocycles. The normalized spacial score (nSPS) is 11.1. The summed E-state index contributed by atoms with van der Waals surface area (Å²) < 4.78 is 2.20. The van der Waals surface area contributed by atoms with Crippen LogP contribution < -0.4 is 10.3 Å². The van der Waals surface area contributed by atoms with Gasteiger partial charge in [0.1, 0.15) is 5.75 Å². The number of amides is 1. The number of rotatable bonds is 9. The molecule has 0 spiro atoms. The number of anilines is 1. The second-order valence-corrected chi connectivity index (χ2v) is 9.33. The molecule has 0 radical (unpaired) electrons. The van der Waals surface area contributed by atoms with E-state index in [-0.39, 0.29) is 11.7 Å². The number of aromatic nitrogens is 1. The zero-order valence-corrected chi connectivity index (χ0v) is 22.7. The zero-order chi connectivity index (χ0) is 27.9. The van der Waals surface area contributed by atoms with Crippen molar-refractivity contribution in [3.63, 3.8) is 0 Å². The van der Waals surface area contributed by atoms with E-state index < -0.39 is 0 Å². The van der Waals surface area contributed by atoms with Gasteiger partial charge in [0.2, 0.25) is 0 Å². The SMILES string of the molecule is CCN(CC)c1ccc(/C=N\NC(=O)c2ccc(-n3c(-c4ccccc4)ccc3-c3ccccc3)cc2)c(O)c1. The molecular formula is C34H32N4O2. The lowest BCUT2D eigenvalue weighted by Gasteiger charge is -2.21. The molecule has 1 amide bonds. The molecule has 0 aliphatic heterocycles. The first-order valence-electron chi connectivity index (χ1n) is 13.4. The van der Waals surface area contributed by atoms with Crippen molar-refractivity contribution in [2.75, 3.05) is 18.0 Å². The smallest absolute Gasteiger partial charge is 0.271 e. The van der Waals surface area contributed by atoms with Crippen LogP contribution in [0.1, 0.15) is 29.8 Å². The topological polar surface area (TPSA) is 69.9 Å². The Hall–Kier alpha value is -5.10. The van der Waals surface area contributed by atoms with Crippen LogP contribution >= 0.6 is 0 Å². The van der Waals surface area contributed by atoms with Crippen LogP contribution in [-0.2, 0) is 0 Å². The number of nitrogens with zero attached hydrogens (tertiary/aromatic N) is 3. The molecule has 0 fully saturated rings. The summed E-state index contributed by atoms with van der Waals surface area (Å²) in [5, 5.41) is 14.5. The van der Waals surface area contributed by atoms with Gasteiger partial charge in [-0.3, -0.25) is 4.79 Å². The molecule has 0 atom stereocenters. The highest BCUT2D eigenvalue weighted by Gasteiger charge is 2.14.